The third-order valence-electron chi connectivity index (χ3n) is 3.78. The Hall–Kier alpha value is -2.36. The van der Waals surface area contributed by atoms with Crippen LogP contribution in [0.4, 0.5) is 0 Å². The summed E-state index contributed by atoms with van der Waals surface area (Å²) in [5.41, 5.74) is 2.94. The molecular weight excluding hydrogens is 250 g/mol. The van der Waals surface area contributed by atoms with E-state index < -0.39 is 0 Å². The van der Waals surface area contributed by atoms with Gasteiger partial charge in [-0.25, -0.2) is 9.67 Å². The molecule has 0 amide bonds. The van der Waals surface area contributed by atoms with Gasteiger partial charge in [-0.2, -0.15) is 5.10 Å². The molecule has 0 saturated heterocycles. The highest BCUT2D eigenvalue weighted by molar-refractivity contribution is 5.82. The van der Waals surface area contributed by atoms with E-state index in [1.165, 1.54) is 18.4 Å². The second kappa shape index (κ2) is 4.34. The summed E-state index contributed by atoms with van der Waals surface area (Å²) in [6.07, 6.45) is 4.03. The van der Waals surface area contributed by atoms with Gasteiger partial charge in [0.1, 0.15) is 5.75 Å². The molecule has 0 radical (unpaired) electrons. The van der Waals surface area contributed by atoms with Crippen molar-refractivity contribution in [2.24, 2.45) is 0 Å². The monoisotopic (exact) mass is 265 g/mol. The molecule has 0 spiro atoms. The third-order valence-corrected chi connectivity index (χ3v) is 3.78. The molecule has 1 aromatic carbocycles. The first kappa shape index (κ1) is 11.5. The molecule has 100 valence electrons. The minimum atomic E-state index is 0.288. The molecule has 4 rings (SSSR count). The summed E-state index contributed by atoms with van der Waals surface area (Å²) in [5.74, 6) is 0.807. The van der Waals surface area contributed by atoms with Gasteiger partial charge >= 0.3 is 0 Å². The second-order valence-corrected chi connectivity index (χ2v) is 5.37. The Balaban J connectivity index is 1.79. The molecule has 20 heavy (non-hydrogen) atoms. The molecule has 4 nitrogen and oxygen atoms in total. The molecule has 1 aliphatic rings. The van der Waals surface area contributed by atoms with Gasteiger partial charge in [-0.1, -0.05) is 30.3 Å². The van der Waals surface area contributed by atoms with Gasteiger partial charge in [0.25, 0.3) is 0 Å². The highest BCUT2D eigenvalue weighted by Crippen LogP contribution is 2.41. The first-order valence-electron chi connectivity index (χ1n) is 6.90. The van der Waals surface area contributed by atoms with Crippen molar-refractivity contribution in [3.05, 3.63) is 53.9 Å². The van der Waals surface area contributed by atoms with Crippen molar-refractivity contribution in [2.75, 3.05) is 0 Å². The molecule has 1 N–H and O–H groups in total. The maximum absolute atomic E-state index is 10.1. The van der Waals surface area contributed by atoms with E-state index in [2.05, 4.69) is 17.2 Å². The van der Waals surface area contributed by atoms with Gasteiger partial charge in [0, 0.05) is 17.7 Å². The molecule has 2 heterocycles. The molecule has 1 fully saturated rings. The lowest BCUT2D eigenvalue weighted by atomic mass is 10.2. The van der Waals surface area contributed by atoms with Crippen molar-refractivity contribution < 1.29 is 5.11 Å². The number of hydrogen-bond donors (Lipinski definition) is 1. The number of pyridine rings is 1. The van der Waals surface area contributed by atoms with Gasteiger partial charge in [-0.3, -0.25) is 0 Å². The van der Waals surface area contributed by atoms with E-state index in [4.69, 9.17) is 4.98 Å². The number of rotatable bonds is 3. The van der Waals surface area contributed by atoms with E-state index in [1.54, 1.807) is 12.3 Å². The van der Waals surface area contributed by atoms with Crippen molar-refractivity contribution in [3.63, 3.8) is 0 Å². The largest absolute Gasteiger partial charge is 0.507 e. The highest BCUT2D eigenvalue weighted by Gasteiger charge is 2.26. The minimum absolute atomic E-state index is 0.288. The summed E-state index contributed by atoms with van der Waals surface area (Å²) in [6.45, 7) is 0.672. The lowest BCUT2D eigenvalue weighted by molar-refractivity contribution is 0.480. The Bertz CT molecular complexity index is 760. The zero-order valence-corrected chi connectivity index (χ0v) is 11.0. The Kier molecular flexibility index (Phi) is 2.49. The lowest BCUT2D eigenvalue weighted by Crippen LogP contribution is -2.03. The zero-order chi connectivity index (χ0) is 13.5. The summed E-state index contributed by atoms with van der Waals surface area (Å²) in [7, 11) is 0. The van der Waals surface area contributed by atoms with Crippen LogP contribution in [-0.4, -0.2) is 19.9 Å². The smallest absolute Gasteiger partial charge is 0.162 e. The first-order chi connectivity index (χ1) is 9.81. The van der Waals surface area contributed by atoms with Crippen LogP contribution in [0.25, 0.3) is 11.0 Å². The van der Waals surface area contributed by atoms with Crippen molar-refractivity contribution in [3.8, 4) is 5.75 Å². The predicted octanol–water partition coefficient (Wildman–Crippen LogP) is 3.06. The lowest BCUT2D eigenvalue weighted by Gasteiger charge is -2.05. The molecule has 0 aliphatic heterocycles. The standard InChI is InChI=1S/C16H15N3O/c20-15-8-14(12-6-7-12)18-16-13(15)9-17-19(16)10-11-4-2-1-3-5-11/h1-5,8-9,12H,6-7,10H2,(H,18,20). The van der Waals surface area contributed by atoms with E-state index >= 15 is 0 Å². The summed E-state index contributed by atoms with van der Waals surface area (Å²) < 4.78 is 1.86. The van der Waals surface area contributed by atoms with Crippen LogP contribution in [0.15, 0.2) is 42.6 Å². The van der Waals surface area contributed by atoms with E-state index in [-0.39, 0.29) is 5.75 Å². The molecule has 1 saturated carbocycles. The molecule has 0 atom stereocenters. The van der Waals surface area contributed by atoms with Crippen LogP contribution in [0.3, 0.4) is 0 Å². The number of fused-ring (bicyclic) bond motifs is 1. The summed E-state index contributed by atoms with van der Waals surface area (Å²) in [6, 6.07) is 12.0. The Labute approximate surface area is 116 Å². The summed E-state index contributed by atoms with van der Waals surface area (Å²) >= 11 is 0. The number of aromatic hydroxyl groups is 1. The SMILES string of the molecule is Oc1cc(C2CC2)nc2c1cnn2Cc1ccccc1. The molecule has 0 unspecified atom stereocenters. The summed E-state index contributed by atoms with van der Waals surface area (Å²) in [5, 5.41) is 15.2. The first-order valence-corrected chi connectivity index (χ1v) is 6.90. The van der Waals surface area contributed by atoms with E-state index in [9.17, 15) is 5.11 Å². The van der Waals surface area contributed by atoms with E-state index in [1.807, 2.05) is 22.9 Å². The average Bonchev–Trinajstić information content (AvgIpc) is 3.24. The summed E-state index contributed by atoms with van der Waals surface area (Å²) in [4.78, 5) is 4.69. The molecular formula is C16H15N3O. The quantitative estimate of drug-likeness (QED) is 0.791. The van der Waals surface area contributed by atoms with Gasteiger partial charge in [0.05, 0.1) is 18.1 Å². The van der Waals surface area contributed by atoms with Gasteiger partial charge in [0.15, 0.2) is 5.65 Å². The Morgan fingerprint density at radius 1 is 1.20 bits per heavy atom. The number of aromatic nitrogens is 3. The third kappa shape index (κ3) is 1.93. The van der Waals surface area contributed by atoms with Crippen molar-refractivity contribution in [1.82, 2.24) is 14.8 Å². The van der Waals surface area contributed by atoms with Crippen LogP contribution in [0, 0.1) is 0 Å². The Morgan fingerprint density at radius 3 is 2.75 bits per heavy atom. The second-order valence-electron chi connectivity index (χ2n) is 5.37. The van der Waals surface area contributed by atoms with Crippen LogP contribution in [0.5, 0.6) is 5.75 Å². The number of benzene rings is 1. The van der Waals surface area contributed by atoms with Crippen LogP contribution in [0.2, 0.25) is 0 Å². The van der Waals surface area contributed by atoms with E-state index in [0.717, 1.165) is 16.7 Å². The van der Waals surface area contributed by atoms with Gasteiger partial charge in [0.2, 0.25) is 0 Å². The fourth-order valence-corrected chi connectivity index (χ4v) is 2.51. The molecule has 2 aromatic heterocycles. The fraction of sp³-hybridized carbons (Fsp3) is 0.250. The maximum Gasteiger partial charge on any atom is 0.162 e. The van der Waals surface area contributed by atoms with Crippen LogP contribution in [-0.2, 0) is 6.54 Å². The van der Waals surface area contributed by atoms with Crippen molar-refractivity contribution in [1.29, 1.82) is 0 Å². The van der Waals surface area contributed by atoms with Gasteiger partial charge in [-0.15, -0.1) is 0 Å². The highest BCUT2D eigenvalue weighted by atomic mass is 16.3. The molecule has 3 aromatic rings. The van der Waals surface area contributed by atoms with Gasteiger partial charge < -0.3 is 5.11 Å². The van der Waals surface area contributed by atoms with Crippen LogP contribution >= 0.6 is 0 Å². The Morgan fingerprint density at radius 2 is 2.00 bits per heavy atom. The zero-order valence-electron chi connectivity index (χ0n) is 11.0. The fourth-order valence-electron chi connectivity index (χ4n) is 2.51. The normalized spacial score (nSPS) is 14.8. The number of nitrogens with zero attached hydrogens (tertiary/aromatic N) is 3. The molecule has 0 bridgehead atoms. The van der Waals surface area contributed by atoms with Crippen molar-refractivity contribution >= 4 is 11.0 Å². The topological polar surface area (TPSA) is 50.9 Å². The molecule has 4 heteroatoms. The average molecular weight is 265 g/mol. The maximum atomic E-state index is 10.1. The molecule has 1 aliphatic carbocycles. The minimum Gasteiger partial charge on any atom is -0.507 e. The van der Waals surface area contributed by atoms with E-state index in [0.29, 0.717) is 12.5 Å². The number of hydrogen-bond acceptors (Lipinski definition) is 3. The van der Waals surface area contributed by atoms with Crippen LogP contribution in [0.1, 0.15) is 30.0 Å². The predicted molar refractivity (Wildman–Crippen MR) is 76.7 cm³/mol. The van der Waals surface area contributed by atoms with Crippen LogP contribution < -0.4 is 0 Å². The van der Waals surface area contributed by atoms with Gasteiger partial charge in [-0.05, 0) is 18.4 Å². The van der Waals surface area contributed by atoms with Crippen molar-refractivity contribution in [2.45, 2.75) is 25.3 Å².